The first-order chi connectivity index (χ1) is 8.90. The molecule has 0 aliphatic carbocycles. The normalized spacial score (nSPS) is 10.2. The fourth-order valence-electron chi connectivity index (χ4n) is 2.17. The lowest BCUT2D eigenvalue weighted by Crippen LogP contribution is -1.87. The Morgan fingerprint density at radius 1 is 0.889 bits per heavy atom. The summed E-state index contributed by atoms with van der Waals surface area (Å²) in [6.07, 6.45) is 3.40. The van der Waals surface area contributed by atoms with Crippen LogP contribution in [-0.4, -0.2) is 4.98 Å². The molecule has 0 N–H and O–H groups in total. The number of hydrogen-bond acceptors (Lipinski definition) is 2. The molecule has 0 aliphatic heterocycles. The fourth-order valence-corrected chi connectivity index (χ4v) is 2.17. The van der Waals surface area contributed by atoms with Crippen LogP contribution < -0.4 is 0 Å². The molecule has 0 atom stereocenters. The molecule has 1 heterocycles. The van der Waals surface area contributed by atoms with Crippen LogP contribution in [0.4, 0.5) is 0 Å². The standard InChI is InChI=1S/C16H10N2/c17-10-13-8-9-18-11-16(13)15-7-3-5-12-4-1-2-6-14(12)15/h1-9,11H. The molecule has 3 rings (SSSR count). The predicted octanol–water partition coefficient (Wildman–Crippen LogP) is 3.77. The molecule has 18 heavy (non-hydrogen) atoms. The molecular formula is C16H10N2. The van der Waals surface area contributed by atoms with Crippen molar-refractivity contribution in [1.29, 1.82) is 5.26 Å². The van der Waals surface area contributed by atoms with Crippen molar-refractivity contribution in [2.45, 2.75) is 0 Å². The van der Waals surface area contributed by atoms with Crippen LogP contribution in [0.2, 0.25) is 0 Å². The third kappa shape index (κ3) is 1.63. The Hall–Kier alpha value is -2.66. The maximum Gasteiger partial charge on any atom is 0.0999 e. The molecule has 0 spiro atoms. The minimum atomic E-state index is 0.654. The molecule has 0 saturated heterocycles. The summed E-state index contributed by atoms with van der Waals surface area (Å²) < 4.78 is 0. The first-order valence-corrected chi connectivity index (χ1v) is 5.72. The summed E-state index contributed by atoms with van der Waals surface area (Å²) in [6, 6.07) is 18.2. The highest BCUT2D eigenvalue weighted by molar-refractivity contribution is 5.97. The van der Waals surface area contributed by atoms with E-state index in [4.69, 9.17) is 0 Å². The SMILES string of the molecule is N#Cc1ccncc1-c1cccc2ccccc12. The average Bonchev–Trinajstić information content (AvgIpc) is 2.46. The van der Waals surface area contributed by atoms with Crippen molar-refractivity contribution in [3.8, 4) is 17.2 Å². The number of fused-ring (bicyclic) bond motifs is 1. The molecule has 0 saturated carbocycles. The van der Waals surface area contributed by atoms with Gasteiger partial charge in [0, 0.05) is 18.0 Å². The summed E-state index contributed by atoms with van der Waals surface area (Å²) in [5.74, 6) is 0. The Morgan fingerprint density at radius 2 is 1.72 bits per heavy atom. The van der Waals surface area contributed by atoms with Gasteiger partial charge in [-0.2, -0.15) is 5.26 Å². The van der Waals surface area contributed by atoms with Crippen LogP contribution >= 0.6 is 0 Å². The number of nitriles is 1. The minimum absolute atomic E-state index is 0.654. The van der Waals surface area contributed by atoms with Crippen LogP contribution in [0.5, 0.6) is 0 Å². The summed E-state index contributed by atoms with van der Waals surface area (Å²) >= 11 is 0. The van der Waals surface area contributed by atoms with Crippen molar-refractivity contribution in [2.75, 3.05) is 0 Å². The van der Waals surface area contributed by atoms with Gasteiger partial charge in [0.15, 0.2) is 0 Å². The topological polar surface area (TPSA) is 36.7 Å². The van der Waals surface area contributed by atoms with Crippen molar-refractivity contribution in [3.63, 3.8) is 0 Å². The van der Waals surface area contributed by atoms with E-state index in [0.29, 0.717) is 5.56 Å². The number of nitrogens with zero attached hydrogens (tertiary/aromatic N) is 2. The van der Waals surface area contributed by atoms with Crippen molar-refractivity contribution in [3.05, 3.63) is 66.5 Å². The van der Waals surface area contributed by atoms with Crippen LogP contribution in [0.15, 0.2) is 60.9 Å². The second-order valence-electron chi connectivity index (χ2n) is 4.06. The van der Waals surface area contributed by atoms with Gasteiger partial charge >= 0.3 is 0 Å². The Balaban J connectivity index is 2.36. The molecule has 3 aromatic rings. The molecule has 0 unspecified atom stereocenters. The van der Waals surface area contributed by atoms with Crippen molar-refractivity contribution >= 4 is 10.8 Å². The summed E-state index contributed by atoms with van der Waals surface area (Å²) in [5.41, 5.74) is 2.59. The van der Waals surface area contributed by atoms with E-state index in [2.05, 4.69) is 29.3 Å². The Bertz CT molecular complexity index is 749. The smallest absolute Gasteiger partial charge is 0.0999 e. The van der Waals surface area contributed by atoms with E-state index in [1.165, 1.54) is 5.39 Å². The van der Waals surface area contributed by atoms with Gasteiger partial charge in [-0.1, -0.05) is 42.5 Å². The average molecular weight is 230 g/mol. The van der Waals surface area contributed by atoms with Gasteiger partial charge in [0.2, 0.25) is 0 Å². The Kier molecular flexibility index (Phi) is 2.51. The molecule has 0 amide bonds. The third-order valence-corrected chi connectivity index (χ3v) is 3.02. The quantitative estimate of drug-likeness (QED) is 0.638. The zero-order valence-corrected chi connectivity index (χ0v) is 9.67. The van der Waals surface area contributed by atoms with Crippen molar-refractivity contribution in [2.24, 2.45) is 0 Å². The molecule has 0 fully saturated rings. The number of rotatable bonds is 1. The van der Waals surface area contributed by atoms with Gasteiger partial charge in [-0.3, -0.25) is 4.98 Å². The van der Waals surface area contributed by atoms with Gasteiger partial charge in [-0.15, -0.1) is 0 Å². The van der Waals surface area contributed by atoms with E-state index in [1.54, 1.807) is 18.5 Å². The molecule has 0 aliphatic rings. The summed E-state index contributed by atoms with van der Waals surface area (Å²) in [4.78, 5) is 4.13. The van der Waals surface area contributed by atoms with E-state index >= 15 is 0 Å². The molecule has 84 valence electrons. The van der Waals surface area contributed by atoms with Crippen LogP contribution in [0.1, 0.15) is 5.56 Å². The lowest BCUT2D eigenvalue weighted by Gasteiger charge is -2.07. The minimum Gasteiger partial charge on any atom is -0.264 e. The van der Waals surface area contributed by atoms with E-state index in [-0.39, 0.29) is 0 Å². The zero-order chi connectivity index (χ0) is 12.4. The van der Waals surface area contributed by atoms with Crippen molar-refractivity contribution in [1.82, 2.24) is 4.98 Å². The lowest BCUT2D eigenvalue weighted by molar-refractivity contribution is 1.31. The summed E-state index contributed by atoms with van der Waals surface area (Å²) in [5, 5.41) is 11.5. The van der Waals surface area contributed by atoms with E-state index in [1.807, 2.05) is 24.3 Å². The van der Waals surface area contributed by atoms with Gasteiger partial charge in [-0.05, 0) is 22.4 Å². The molecule has 1 aromatic heterocycles. The maximum absolute atomic E-state index is 9.17. The summed E-state index contributed by atoms with van der Waals surface area (Å²) in [7, 11) is 0. The first-order valence-electron chi connectivity index (χ1n) is 5.72. The largest absolute Gasteiger partial charge is 0.264 e. The van der Waals surface area contributed by atoms with Crippen molar-refractivity contribution < 1.29 is 0 Å². The molecular weight excluding hydrogens is 220 g/mol. The van der Waals surface area contributed by atoms with Gasteiger partial charge in [-0.25, -0.2) is 0 Å². The highest BCUT2D eigenvalue weighted by Crippen LogP contribution is 2.29. The van der Waals surface area contributed by atoms with E-state index < -0.39 is 0 Å². The van der Waals surface area contributed by atoms with Crippen LogP contribution in [0.25, 0.3) is 21.9 Å². The predicted molar refractivity (Wildman–Crippen MR) is 71.9 cm³/mol. The lowest BCUT2D eigenvalue weighted by atomic mass is 9.97. The fraction of sp³-hybridized carbons (Fsp3) is 0. The number of aromatic nitrogens is 1. The molecule has 2 heteroatoms. The zero-order valence-electron chi connectivity index (χ0n) is 9.67. The number of hydrogen-bond donors (Lipinski definition) is 0. The van der Waals surface area contributed by atoms with Crippen LogP contribution in [0.3, 0.4) is 0 Å². The van der Waals surface area contributed by atoms with Gasteiger partial charge in [0.25, 0.3) is 0 Å². The Labute approximate surface area is 105 Å². The summed E-state index contributed by atoms with van der Waals surface area (Å²) in [6.45, 7) is 0. The third-order valence-electron chi connectivity index (χ3n) is 3.02. The van der Waals surface area contributed by atoms with Gasteiger partial charge in [0.1, 0.15) is 0 Å². The monoisotopic (exact) mass is 230 g/mol. The van der Waals surface area contributed by atoms with Crippen LogP contribution in [0, 0.1) is 11.3 Å². The highest BCUT2D eigenvalue weighted by atomic mass is 14.6. The number of pyridine rings is 1. The maximum atomic E-state index is 9.17. The second-order valence-corrected chi connectivity index (χ2v) is 4.06. The second kappa shape index (κ2) is 4.31. The molecule has 0 bridgehead atoms. The number of benzene rings is 2. The van der Waals surface area contributed by atoms with Crippen LogP contribution in [-0.2, 0) is 0 Å². The first kappa shape index (κ1) is 10.5. The molecule has 0 radical (unpaired) electrons. The van der Waals surface area contributed by atoms with E-state index in [0.717, 1.165) is 16.5 Å². The molecule has 2 aromatic carbocycles. The van der Waals surface area contributed by atoms with Gasteiger partial charge in [0.05, 0.1) is 11.6 Å². The highest BCUT2D eigenvalue weighted by Gasteiger charge is 2.07. The van der Waals surface area contributed by atoms with Gasteiger partial charge < -0.3 is 0 Å². The van der Waals surface area contributed by atoms with E-state index in [9.17, 15) is 5.26 Å². The Morgan fingerprint density at radius 3 is 2.61 bits per heavy atom. The molecule has 2 nitrogen and oxygen atoms in total.